The molecule has 0 spiro atoms. The Kier molecular flexibility index (Phi) is 8.38. The molecule has 34 heavy (non-hydrogen) atoms. The Bertz CT molecular complexity index is 1140. The molecule has 0 atom stereocenters. The summed E-state index contributed by atoms with van der Waals surface area (Å²) in [6.07, 6.45) is 0. The highest BCUT2D eigenvalue weighted by atomic mass is 32.1. The number of amides is 2. The van der Waals surface area contributed by atoms with Crippen LogP contribution in [0.1, 0.15) is 60.3 Å². The van der Waals surface area contributed by atoms with Gasteiger partial charge in [-0.3, -0.25) is 25.1 Å². The number of hydrazine groups is 1. The lowest BCUT2D eigenvalue weighted by atomic mass is 10.1. The van der Waals surface area contributed by atoms with Crippen molar-refractivity contribution in [2.75, 3.05) is 19.8 Å². The molecule has 0 aliphatic carbocycles. The Hall–Kier alpha value is -3.27. The summed E-state index contributed by atoms with van der Waals surface area (Å²) >= 11 is 1.35. The van der Waals surface area contributed by atoms with Crippen LogP contribution in [-0.2, 0) is 6.54 Å². The molecule has 3 aromatic rings. The van der Waals surface area contributed by atoms with E-state index < -0.39 is 11.8 Å². The fraction of sp³-hybridized carbons (Fsp3) is 0.458. The van der Waals surface area contributed by atoms with Gasteiger partial charge in [-0.25, -0.2) is 0 Å². The predicted molar refractivity (Wildman–Crippen MR) is 132 cm³/mol. The Morgan fingerprint density at radius 3 is 2.12 bits per heavy atom. The van der Waals surface area contributed by atoms with E-state index in [9.17, 15) is 9.59 Å². The summed E-state index contributed by atoms with van der Waals surface area (Å²) < 4.78 is 18.9. The number of carbonyl (C=O) groups is 2. The van der Waals surface area contributed by atoms with Crippen molar-refractivity contribution in [2.45, 2.75) is 48.1 Å². The quantitative estimate of drug-likeness (QED) is 0.412. The SMILES string of the molecule is CCOc1cc(C(=O)NNC(=O)c2cc3c(C)nn(CC(C)C)c3s2)cc(OCC)c1OCC. The van der Waals surface area contributed by atoms with E-state index in [1.807, 2.05) is 32.4 Å². The number of hydrogen-bond acceptors (Lipinski definition) is 7. The molecule has 0 aliphatic rings. The van der Waals surface area contributed by atoms with Gasteiger partial charge in [0.05, 0.1) is 30.4 Å². The minimum atomic E-state index is -0.499. The first-order valence-corrected chi connectivity index (χ1v) is 12.2. The number of benzene rings is 1. The van der Waals surface area contributed by atoms with Crippen LogP contribution in [0.3, 0.4) is 0 Å². The molecule has 9 nitrogen and oxygen atoms in total. The molecule has 2 aromatic heterocycles. The molecule has 0 aliphatic heterocycles. The van der Waals surface area contributed by atoms with Crippen molar-refractivity contribution in [3.05, 3.63) is 34.3 Å². The number of nitrogens with zero attached hydrogens (tertiary/aromatic N) is 2. The van der Waals surface area contributed by atoms with E-state index in [4.69, 9.17) is 14.2 Å². The highest BCUT2D eigenvalue weighted by molar-refractivity contribution is 7.20. The number of hydrogen-bond donors (Lipinski definition) is 2. The van der Waals surface area contributed by atoms with Crippen molar-refractivity contribution >= 4 is 33.4 Å². The monoisotopic (exact) mass is 488 g/mol. The molecule has 0 saturated carbocycles. The smallest absolute Gasteiger partial charge is 0.279 e. The lowest BCUT2D eigenvalue weighted by Crippen LogP contribution is -2.41. The van der Waals surface area contributed by atoms with E-state index in [-0.39, 0.29) is 5.56 Å². The minimum absolute atomic E-state index is 0.274. The first-order valence-electron chi connectivity index (χ1n) is 11.4. The summed E-state index contributed by atoms with van der Waals surface area (Å²) in [7, 11) is 0. The van der Waals surface area contributed by atoms with Crippen molar-refractivity contribution in [3.8, 4) is 17.2 Å². The van der Waals surface area contributed by atoms with Crippen molar-refractivity contribution in [3.63, 3.8) is 0 Å². The summed E-state index contributed by atoms with van der Waals surface area (Å²) in [5.41, 5.74) is 6.12. The lowest BCUT2D eigenvalue weighted by molar-refractivity contribution is 0.0848. The number of carbonyl (C=O) groups excluding carboxylic acids is 2. The number of nitrogens with one attached hydrogen (secondary N) is 2. The fourth-order valence-electron chi connectivity index (χ4n) is 3.46. The van der Waals surface area contributed by atoms with Gasteiger partial charge < -0.3 is 14.2 Å². The maximum absolute atomic E-state index is 12.8. The molecule has 0 bridgehead atoms. The summed E-state index contributed by atoms with van der Waals surface area (Å²) in [5, 5.41) is 5.50. The predicted octanol–water partition coefficient (Wildman–Crippen LogP) is 4.33. The number of fused-ring (bicyclic) bond motifs is 1. The molecule has 0 fully saturated rings. The largest absolute Gasteiger partial charge is 0.490 e. The van der Waals surface area contributed by atoms with Gasteiger partial charge >= 0.3 is 0 Å². The van der Waals surface area contributed by atoms with Gasteiger partial charge in [0.25, 0.3) is 11.8 Å². The van der Waals surface area contributed by atoms with Crippen LogP contribution in [0.4, 0.5) is 0 Å². The van der Waals surface area contributed by atoms with Crippen LogP contribution < -0.4 is 25.1 Å². The highest BCUT2D eigenvalue weighted by Gasteiger charge is 2.20. The molecule has 0 saturated heterocycles. The molecule has 184 valence electrons. The zero-order valence-corrected chi connectivity index (χ0v) is 21.3. The fourth-order valence-corrected chi connectivity index (χ4v) is 4.53. The minimum Gasteiger partial charge on any atom is -0.490 e. The topological polar surface area (TPSA) is 104 Å². The third-order valence-corrected chi connectivity index (χ3v) is 5.98. The molecule has 0 unspecified atom stereocenters. The molecule has 10 heteroatoms. The number of aryl methyl sites for hydroxylation is 1. The Morgan fingerprint density at radius 1 is 0.971 bits per heavy atom. The van der Waals surface area contributed by atoms with E-state index in [0.717, 1.165) is 22.5 Å². The Morgan fingerprint density at radius 2 is 1.56 bits per heavy atom. The Labute approximate surface area is 203 Å². The summed E-state index contributed by atoms with van der Waals surface area (Å²) in [4.78, 5) is 27.0. The van der Waals surface area contributed by atoms with E-state index in [2.05, 4.69) is 29.8 Å². The van der Waals surface area contributed by atoms with E-state index >= 15 is 0 Å². The summed E-state index contributed by atoms with van der Waals surface area (Å²) in [6.45, 7) is 13.7. The van der Waals surface area contributed by atoms with Crippen LogP contribution in [0.5, 0.6) is 17.2 Å². The number of ether oxygens (including phenoxy) is 3. The molecule has 0 radical (unpaired) electrons. The zero-order valence-electron chi connectivity index (χ0n) is 20.5. The third kappa shape index (κ3) is 5.61. The van der Waals surface area contributed by atoms with Crippen LogP contribution >= 0.6 is 11.3 Å². The van der Waals surface area contributed by atoms with Gasteiger partial charge in [-0.15, -0.1) is 11.3 Å². The summed E-state index contributed by atoms with van der Waals surface area (Å²) in [5.74, 6) is 0.789. The van der Waals surface area contributed by atoms with Crippen LogP contribution in [0, 0.1) is 12.8 Å². The van der Waals surface area contributed by atoms with E-state index in [1.54, 1.807) is 18.2 Å². The number of aromatic nitrogens is 2. The zero-order chi connectivity index (χ0) is 24.8. The second-order valence-electron chi connectivity index (χ2n) is 8.00. The van der Waals surface area contributed by atoms with Crippen LogP contribution in [-0.4, -0.2) is 41.4 Å². The first kappa shape index (κ1) is 25.4. The normalized spacial score (nSPS) is 11.0. The van der Waals surface area contributed by atoms with Gasteiger partial charge in [0, 0.05) is 17.5 Å². The first-order chi connectivity index (χ1) is 16.3. The number of thiophene rings is 1. The molecule has 1 aromatic carbocycles. The van der Waals surface area contributed by atoms with Crippen LogP contribution in [0.25, 0.3) is 10.2 Å². The number of rotatable bonds is 10. The molecule has 2 amide bonds. The second kappa shape index (κ2) is 11.2. The van der Waals surface area contributed by atoms with Gasteiger partial charge in [-0.1, -0.05) is 13.8 Å². The standard InChI is InChI=1S/C24H32N4O5S/c1-7-31-18-10-16(11-19(32-8-2)21(18)33-9-3)22(29)25-26-23(30)20-12-17-15(6)27-28(13-14(4)5)24(17)34-20/h10-12,14H,7-9,13H2,1-6H3,(H,25,29)(H,26,30). The lowest BCUT2D eigenvalue weighted by Gasteiger charge is -2.17. The van der Waals surface area contributed by atoms with Gasteiger partial charge in [0.2, 0.25) is 5.75 Å². The molecular weight excluding hydrogens is 456 g/mol. The molecule has 3 rings (SSSR count). The third-order valence-electron chi connectivity index (χ3n) is 4.83. The van der Waals surface area contributed by atoms with Gasteiger partial charge in [-0.05, 0) is 51.8 Å². The summed E-state index contributed by atoms with van der Waals surface area (Å²) in [6, 6.07) is 4.95. The Balaban J connectivity index is 1.77. The van der Waals surface area contributed by atoms with Gasteiger partial charge in [0.15, 0.2) is 11.5 Å². The highest BCUT2D eigenvalue weighted by Crippen LogP contribution is 2.39. The maximum atomic E-state index is 12.8. The van der Waals surface area contributed by atoms with Crippen LogP contribution in [0.2, 0.25) is 0 Å². The molecule has 2 N–H and O–H groups in total. The van der Waals surface area contributed by atoms with Crippen molar-refractivity contribution in [2.24, 2.45) is 5.92 Å². The van der Waals surface area contributed by atoms with Gasteiger partial charge in [-0.2, -0.15) is 5.10 Å². The van der Waals surface area contributed by atoms with Crippen molar-refractivity contribution in [1.29, 1.82) is 0 Å². The molecule has 2 heterocycles. The molecular formula is C24H32N4O5S. The van der Waals surface area contributed by atoms with Crippen molar-refractivity contribution < 1.29 is 23.8 Å². The van der Waals surface area contributed by atoms with E-state index in [1.165, 1.54) is 11.3 Å². The second-order valence-corrected chi connectivity index (χ2v) is 9.03. The van der Waals surface area contributed by atoms with E-state index in [0.29, 0.717) is 47.9 Å². The average molecular weight is 489 g/mol. The maximum Gasteiger partial charge on any atom is 0.279 e. The van der Waals surface area contributed by atoms with Crippen LogP contribution in [0.15, 0.2) is 18.2 Å². The average Bonchev–Trinajstić information content (AvgIpc) is 3.35. The van der Waals surface area contributed by atoms with Crippen molar-refractivity contribution in [1.82, 2.24) is 20.6 Å². The van der Waals surface area contributed by atoms with Gasteiger partial charge in [0.1, 0.15) is 4.83 Å².